The smallest absolute Gasteiger partial charge is 0.240 e. The summed E-state index contributed by atoms with van der Waals surface area (Å²) in [6, 6.07) is 0.130. The fourth-order valence-electron chi connectivity index (χ4n) is 2.10. The van der Waals surface area contributed by atoms with Crippen LogP contribution in [0.3, 0.4) is 0 Å². The first-order valence-corrected chi connectivity index (χ1v) is 6.72. The molecule has 0 radical (unpaired) electrons. The van der Waals surface area contributed by atoms with Crippen molar-refractivity contribution in [2.24, 2.45) is 0 Å². The molecular formula is C11H17N3O2S. The van der Waals surface area contributed by atoms with Gasteiger partial charge in [-0.3, -0.25) is 9.69 Å². The summed E-state index contributed by atoms with van der Waals surface area (Å²) in [6.45, 7) is 1.35. The third kappa shape index (κ3) is 3.49. The molecule has 1 unspecified atom stereocenters. The molecule has 1 amide bonds. The molecule has 1 aromatic heterocycles. The normalized spacial score (nSPS) is 21.4. The van der Waals surface area contributed by atoms with Crippen LogP contribution in [0.4, 0.5) is 5.13 Å². The molecule has 1 aliphatic rings. The van der Waals surface area contributed by atoms with Gasteiger partial charge in [0.25, 0.3) is 0 Å². The molecule has 1 saturated heterocycles. The average Bonchev–Trinajstić information content (AvgIpc) is 2.82. The van der Waals surface area contributed by atoms with Gasteiger partial charge in [-0.25, -0.2) is 4.98 Å². The monoisotopic (exact) mass is 255 g/mol. The number of carbonyl (C=O) groups is 1. The van der Waals surface area contributed by atoms with E-state index in [1.807, 2.05) is 10.3 Å². The number of nitrogens with zero attached hydrogens (tertiary/aromatic N) is 2. The molecule has 1 aliphatic heterocycles. The van der Waals surface area contributed by atoms with Crippen LogP contribution in [0.15, 0.2) is 11.6 Å². The van der Waals surface area contributed by atoms with E-state index in [1.54, 1.807) is 6.20 Å². The Morgan fingerprint density at radius 1 is 1.65 bits per heavy atom. The van der Waals surface area contributed by atoms with Crippen LogP contribution in [0.2, 0.25) is 0 Å². The maximum atomic E-state index is 11.8. The first-order valence-electron chi connectivity index (χ1n) is 5.84. The second-order valence-electron chi connectivity index (χ2n) is 4.19. The number of rotatable bonds is 4. The summed E-state index contributed by atoms with van der Waals surface area (Å²) in [5.74, 6) is -0.0553. The van der Waals surface area contributed by atoms with Gasteiger partial charge in [0.05, 0.1) is 13.2 Å². The Morgan fingerprint density at radius 2 is 2.53 bits per heavy atom. The molecule has 0 aliphatic carbocycles. The highest BCUT2D eigenvalue weighted by atomic mass is 32.1. The van der Waals surface area contributed by atoms with E-state index in [2.05, 4.69) is 10.3 Å². The summed E-state index contributed by atoms with van der Waals surface area (Å²) in [5.41, 5.74) is 0. The summed E-state index contributed by atoms with van der Waals surface area (Å²) in [7, 11) is 0. The van der Waals surface area contributed by atoms with Gasteiger partial charge in [0.1, 0.15) is 0 Å². The van der Waals surface area contributed by atoms with Gasteiger partial charge in [-0.1, -0.05) is 6.42 Å². The van der Waals surface area contributed by atoms with Gasteiger partial charge >= 0.3 is 0 Å². The molecule has 2 N–H and O–H groups in total. The molecule has 2 rings (SSSR count). The molecular weight excluding hydrogens is 238 g/mol. The predicted octanol–water partition coefficient (Wildman–Crippen LogP) is 0.928. The number of piperidine rings is 1. The first kappa shape index (κ1) is 12.5. The number of anilines is 1. The summed E-state index contributed by atoms with van der Waals surface area (Å²) in [5, 5.41) is 14.5. The standard InChI is InChI=1S/C11H17N3O2S/c15-8-9-3-1-2-5-14(9)7-10(16)13-11-12-4-6-17-11/h4,6,9,15H,1-3,5,7-8H2,(H,12,13,16). The Hall–Kier alpha value is -0.980. The Balaban J connectivity index is 1.84. The largest absolute Gasteiger partial charge is 0.395 e. The molecule has 0 spiro atoms. The topological polar surface area (TPSA) is 65.5 Å². The minimum atomic E-state index is -0.0553. The van der Waals surface area contributed by atoms with Gasteiger partial charge in [-0.2, -0.15) is 0 Å². The molecule has 1 aromatic rings. The second-order valence-corrected chi connectivity index (χ2v) is 5.08. The zero-order chi connectivity index (χ0) is 12.1. The highest BCUT2D eigenvalue weighted by Crippen LogP contribution is 2.16. The van der Waals surface area contributed by atoms with E-state index in [1.165, 1.54) is 11.3 Å². The van der Waals surface area contributed by atoms with Crippen molar-refractivity contribution < 1.29 is 9.90 Å². The molecule has 0 bridgehead atoms. The highest BCUT2D eigenvalue weighted by Gasteiger charge is 2.23. The quantitative estimate of drug-likeness (QED) is 0.840. The maximum absolute atomic E-state index is 11.8. The maximum Gasteiger partial charge on any atom is 0.240 e. The summed E-state index contributed by atoms with van der Waals surface area (Å²) < 4.78 is 0. The lowest BCUT2D eigenvalue weighted by Crippen LogP contribution is -2.45. The van der Waals surface area contributed by atoms with Crippen molar-refractivity contribution in [1.82, 2.24) is 9.88 Å². The number of likely N-dealkylation sites (tertiary alicyclic amines) is 1. The number of aromatic nitrogens is 1. The fourth-order valence-corrected chi connectivity index (χ4v) is 2.65. The Morgan fingerprint density at radius 3 is 3.24 bits per heavy atom. The number of amides is 1. The number of hydrogen-bond donors (Lipinski definition) is 2. The van der Waals surface area contributed by atoms with Crippen LogP contribution in [0.25, 0.3) is 0 Å². The number of hydrogen-bond acceptors (Lipinski definition) is 5. The lowest BCUT2D eigenvalue weighted by atomic mass is 10.0. The van der Waals surface area contributed by atoms with Gasteiger partial charge in [-0.05, 0) is 19.4 Å². The van der Waals surface area contributed by atoms with Crippen molar-refractivity contribution in [3.8, 4) is 0 Å². The van der Waals surface area contributed by atoms with E-state index in [0.29, 0.717) is 11.7 Å². The van der Waals surface area contributed by atoms with Gasteiger partial charge in [0.15, 0.2) is 5.13 Å². The van der Waals surface area contributed by atoms with Crippen LogP contribution < -0.4 is 5.32 Å². The SMILES string of the molecule is O=C(CN1CCCCC1CO)Nc1nccs1. The van der Waals surface area contributed by atoms with Gasteiger partial charge in [-0.15, -0.1) is 11.3 Å². The van der Waals surface area contributed by atoms with Crippen LogP contribution in [-0.4, -0.2) is 46.6 Å². The van der Waals surface area contributed by atoms with E-state index in [0.717, 1.165) is 25.8 Å². The molecule has 0 saturated carbocycles. The molecule has 17 heavy (non-hydrogen) atoms. The van der Waals surface area contributed by atoms with Gasteiger partial charge in [0.2, 0.25) is 5.91 Å². The number of thiazole rings is 1. The van der Waals surface area contributed by atoms with Crippen molar-refractivity contribution in [2.75, 3.05) is 25.0 Å². The van der Waals surface area contributed by atoms with Crippen molar-refractivity contribution in [3.05, 3.63) is 11.6 Å². The lowest BCUT2D eigenvalue weighted by Gasteiger charge is -2.33. The highest BCUT2D eigenvalue weighted by molar-refractivity contribution is 7.13. The number of carbonyl (C=O) groups excluding carboxylic acids is 1. The van der Waals surface area contributed by atoms with Gasteiger partial charge in [0, 0.05) is 17.6 Å². The Kier molecular flexibility index (Phi) is 4.47. The predicted molar refractivity (Wildman–Crippen MR) is 67.0 cm³/mol. The zero-order valence-corrected chi connectivity index (χ0v) is 10.4. The van der Waals surface area contributed by atoms with Crippen LogP contribution in [0.1, 0.15) is 19.3 Å². The molecule has 2 heterocycles. The van der Waals surface area contributed by atoms with E-state index in [4.69, 9.17) is 0 Å². The van der Waals surface area contributed by atoms with E-state index < -0.39 is 0 Å². The molecule has 6 heteroatoms. The number of aliphatic hydroxyl groups is 1. The van der Waals surface area contributed by atoms with Crippen molar-refractivity contribution >= 4 is 22.4 Å². The summed E-state index contributed by atoms with van der Waals surface area (Å²) >= 11 is 1.41. The van der Waals surface area contributed by atoms with E-state index in [9.17, 15) is 9.90 Å². The molecule has 1 atom stereocenters. The van der Waals surface area contributed by atoms with Gasteiger partial charge < -0.3 is 10.4 Å². The first-order chi connectivity index (χ1) is 8.29. The fraction of sp³-hybridized carbons (Fsp3) is 0.636. The van der Waals surface area contributed by atoms with Crippen molar-refractivity contribution in [1.29, 1.82) is 0 Å². The Bertz CT molecular complexity index is 356. The summed E-state index contributed by atoms with van der Waals surface area (Å²) in [6.07, 6.45) is 4.87. The van der Waals surface area contributed by atoms with Crippen molar-refractivity contribution in [2.45, 2.75) is 25.3 Å². The molecule has 1 fully saturated rings. The minimum absolute atomic E-state index is 0.0553. The van der Waals surface area contributed by atoms with Crippen LogP contribution in [0, 0.1) is 0 Å². The van der Waals surface area contributed by atoms with Crippen molar-refractivity contribution in [3.63, 3.8) is 0 Å². The third-order valence-electron chi connectivity index (χ3n) is 2.99. The number of nitrogens with one attached hydrogen (secondary N) is 1. The van der Waals surface area contributed by atoms with Crippen LogP contribution >= 0.6 is 11.3 Å². The van der Waals surface area contributed by atoms with Crippen LogP contribution in [-0.2, 0) is 4.79 Å². The van der Waals surface area contributed by atoms with Crippen LogP contribution in [0.5, 0.6) is 0 Å². The minimum Gasteiger partial charge on any atom is -0.395 e. The van der Waals surface area contributed by atoms with E-state index in [-0.39, 0.29) is 18.6 Å². The summed E-state index contributed by atoms with van der Waals surface area (Å²) in [4.78, 5) is 17.8. The van der Waals surface area contributed by atoms with E-state index >= 15 is 0 Å². The average molecular weight is 255 g/mol. The lowest BCUT2D eigenvalue weighted by molar-refractivity contribution is -0.118. The second kappa shape index (κ2) is 6.09. The zero-order valence-electron chi connectivity index (χ0n) is 9.63. The molecule has 0 aromatic carbocycles. The molecule has 94 valence electrons. The number of aliphatic hydroxyl groups excluding tert-OH is 1. The Labute approximate surface area is 104 Å². The molecule has 5 nitrogen and oxygen atoms in total. The third-order valence-corrected chi connectivity index (χ3v) is 3.67.